The topological polar surface area (TPSA) is 40.5 Å². The van der Waals surface area contributed by atoms with Gasteiger partial charge in [0.15, 0.2) is 0 Å². The van der Waals surface area contributed by atoms with E-state index in [0.29, 0.717) is 19.3 Å². The molecule has 0 radical (unpaired) electrons. The van der Waals surface area contributed by atoms with Crippen LogP contribution in [0.25, 0.3) is 0 Å². The summed E-state index contributed by atoms with van der Waals surface area (Å²) in [4.78, 5) is 0. The predicted octanol–water partition coefficient (Wildman–Crippen LogP) is 19.5. The molecular formula is C112H122O2. The molecule has 0 aromatic heterocycles. The van der Waals surface area contributed by atoms with Crippen molar-refractivity contribution >= 4 is 0 Å². The Morgan fingerprint density at radius 2 is 0.368 bits per heavy atom. The van der Waals surface area contributed by atoms with Gasteiger partial charge in [0.1, 0.15) is 0 Å². The molecule has 2 heteroatoms. The quantitative estimate of drug-likeness (QED) is 0.0975. The molecule has 2 N–H and O–H groups in total. The maximum Gasteiger partial charge on any atom is 0.0609 e. The van der Waals surface area contributed by atoms with Gasteiger partial charge >= 0.3 is 0 Å². The molecule has 582 valence electrons. The van der Waals surface area contributed by atoms with Crippen LogP contribution in [0.15, 0.2) is 48.6 Å². The molecule has 0 fully saturated rings. The smallest absolute Gasteiger partial charge is 0.0609 e. The molecular weight excluding hydrogens is 1380 g/mol. The summed E-state index contributed by atoms with van der Waals surface area (Å²) in [6.45, 7) is 33.4. The first kappa shape index (κ1) is 155. The molecule has 114 heavy (non-hydrogen) atoms. The van der Waals surface area contributed by atoms with Crippen molar-refractivity contribution in [2.24, 2.45) is 0 Å². The Hall–Kier alpha value is -16.1. The van der Waals surface area contributed by atoms with Crippen LogP contribution in [-0.2, 0) is 0 Å². The zero-order valence-corrected chi connectivity index (χ0v) is 67.7. The lowest BCUT2D eigenvalue weighted by molar-refractivity contribution is 0.180. The third-order valence-corrected chi connectivity index (χ3v) is 7.37. The lowest BCUT2D eigenvalue weighted by Gasteiger charge is -2.03. The van der Waals surface area contributed by atoms with Gasteiger partial charge in [-0.25, -0.2) is 0 Å². The number of allylic oxidation sites excluding steroid dienone is 5. The molecule has 2 unspecified atom stereocenters. The third kappa shape index (κ3) is 376. The highest BCUT2D eigenvalue weighted by Crippen LogP contribution is 2.05. The third-order valence-electron chi connectivity index (χ3n) is 7.37. The first-order valence-corrected chi connectivity index (χ1v) is 31.9. The first-order valence-electron chi connectivity index (χ1n) is 31.9. The fraction of sp³-hybridized carbons (Fsp3) is 0.321. The van der Waals surface area contributed by atoms with Crippen LogP contribution in [0.3, 0.4) is 0 Å². The lowest BCUT2D eigenvalue weighted by Crippen LogP contribution is -2.02. The van der Waals surface area contributed by atoms with Crippen molar-refractivity contribution in [2.45, 2.75) is 245 Å². The maximum absolute atomic E-state index is 9.81. The Kier molecular flexibility index (Phi) is 307. The average molecular weight is 1500 g/mol. The van der Waals surface area contributed by atoms with Crippen molar-refractivity contribution in [1.82, 2.24) is 0 Å². The van der Waals surface area contributed by atoms with Gasteiger partial charge in [-0.2, -0.15) is 0 Å². The number of unbranched alkanes of at least 4 members (excludes halogenated alkanes) is 4. The second kappa shape index (κ2) is 225. The molecule has 0 spiro atoms. The Bertz CT molecular complexity index is 4020. The van der Waals surface area contributed by atoms with Crippen molar-refractivity contribution in [3.63, 3.8) is 0 Å². The van der Waals surface area contributed by atoms with E-state index in [1.54, 1.807) is 111 Å². The van der Waals surface area contributed by atoms with Crippen LogP contribution in [0.2, 0.25) is 0 Å². The van der Waals surface area contributed by atoms with Gasteiger partial charge < -0.3 is 10.2 Å². The fourth-order valence-electron chi connectivity index (χ4n) is 3.65. The Morgan fingerprint density at radius 3 is 0.518 bits per heavy atom. The SMILES string of the molecule is C.C.C.C.C.C#C.C#C.C#CC.C#CC.C#CC#CC.C#CC#CC#C.C#CC#CC#CC.C#CC#CC#CC.C#CC#CC#CC.C#CC#CC#CC.CC#CC.CC#CC#CC#CC.CC#CC#CC#CC.CC#CC#CC#CC.CC#CC#CC#CC.CC/C=C/CCC/C=C/CCC/C=C/CC(O)C/C=C/CC(C)O. The largest absolute Gasteiger partial charge is 0.393 e. The number of hydrogen-bond acceptors (Lipinski definition) is 2. The Labute approximate surface area is 708 Å². The summed E-state index contributed by atoms with van der Waals surface area (Å²) in [6, 6.07) is 0. The summed E-state index contributed by atoms with van der Waals surface area (Å²) in [5.74, 6) is 136. The minimum Gasteiger partial charge on any atom is -0.393 e. The summed E-state index contributed by atoms with van der Waals surface area (Å²) in [7, 11) is 0. The molecule has 2 nitrogen and oxygen atoms in total. The van der Waals surface area contributed by atoms with E-state index in [9.17, 15) is 5.11 Å². The fourth-order valence-corrected chi connectivity index (χ4v) is 3.65. The van der Waals surface area contributed by atoms with Crippen LogP contribution < -0.4 is 0 Å². The minimum absolute atomic E-state index is 0. The van der Waals surface area contributed by atoms with Crippen molar-refractivity contribution in [1.29, 1.82) is 0 Å². The highest BCUT2D eigenvalue weighted by atomic mass is 16.3. The van der Waals surface area contributed by atoms with E-state index in [4.69, 9.17) is 50.1 Å². The van der Waals surface area contributed by atoms with Gasteiger partial charge in [-0.05, 0) is 414 Å². The highest BCUT2D eigenvalue weighted by molar-refractivity contribution is 5.39. The lowest BCUT2D eigenvalue weighted by atomic mass is 10.1. The number of aliphatic hydroxyl groups is 2. The van der Waals surface area contributed by atoms with E-state index in [-0.39, 0.29) is 49.3 Å². The van der Waals surface area contributed by atoms with Crippen LogP contribution in [0, 0.1) is 409 Å². The molecule has 0 bridgehead atoms. The van der Waals surface area contributed by atoms with Gasteiger partial charge in [-0.15, -0.1) is 107 Å². The molecule has 0 aromatic carbocycles. The molecule has 0 heterocycles. The van der Waals surface area contributed by atoms with Gasteiger partial charge in [0.2, 0.25) is 0 Å². The van der Waals surface area contributed by atoms with E-state index < -0.39 is 0 Å². The van der Waals surface area contributed by atoms with Crippen molar-refractivity contribution in [3.8, 4) is 409 Å². The molecule has 0 amide bonds. The van der Waals surface area contributed by atoms with Crippen LogP contribution in [0.1, 0.15) is 233 Å². The summed E-state index contributed by atoms with van der Waals surface area (Å²) in [6.07, 6.45) is 85.2. The summed E-state index contributed by atoms with van der Waals surface area (Å²) in [5.41, 5.74) is 0. The summed E-state index contributed by atoms with van der Waals surface area (Å²) < 4.78 is 0. The molecule has 0 saturated carbocycles. The monoisotopic (exact) mass is 1500 g/mol. The van der Waals surface area contributed by atoms with Crippen molar-refractivity contribution in [2.75, 3.05) is 0 Å². The van der Waals surface area contributed by atoms with Crippen LogP contribution in [0.5, 0.6) is 0 Å². The van der Waals surface area contributed by atoms with E-state index in [1.807, 2.05) is 26.0 Å². The molecule has 0 aromatic rings. The van der Waals surface area contributed by atoms with E-state index in [1.165, 1.54) is 25.7 Å². The number of hydrogen-bond donors (Lipinski definition) is 2. The van der Waals surface area contributed by atoms with Gasteiger partial charge in [0, 0.05) is 0 Å². The second-order valence-corrected chi connectivity index (χ2v) is 15.6. The molecule has 0 rings (SSSR count). The predicted molar refractivity (Wildman–Crippen MR) is 514 cm³/mol. The number of rotatable bonds is 15. The van der Waals surface area contributed by atoms with E-state index >= 15 is 0 Å². The number of aliphatic hydroxyl groups excluding tert-OH is 2. The standard InChI is InChI=1S/C22H38O2.4C8H6.4C7H4.C6H2.C5H4.C4H6.2C3H4.2C2H2.5CH4/c1-3-4-5-6-7-8-9-10-11-12-13-14-15-19-22(24)20-17-16-18-21(2)23;4*1-3-5-7-8-6-4-2;4*1-3-5-7-6-4-2;1-3-5-6-4-2;1-3-5-4-2;1-3-4-2;2*1-3-2;2*1-2;;;;;/h4-5,9-10,14-17,21-24H,3,6-8,11-13,18-20H2,1-2H3;4*1-2H3;4*1H,2H3;1-2H;1H,2H3;1-2H3;2*1H,2H3;2*1-2H;5*1H4/b5-4+,10-9+,15-14+,17-16+;;;;;;;;;;;;;;;;;;;;. The Balaban J connectivity index is -0.0000000445. The first-order chi connectivity index (χ1) is 53.0. The van der Waals surface area contributed by atoms with Crippen molar-refractivity contribution in [3.05, 3.63) is 48.6 Å². The molecule has 2 atom stereocenters. The van der Waals surface area contributed by atoms with Gasteiger partial charge in [0.25, 0.3) is 0 Å². The summed E-state index contributed by atoms with van der Waals surface area (Å²) in [5, 5.41) is 18.9. The van der Waals surface area contributed by atoms with Gasteiger partial charge in [0.05, 0.1) is 12.2 Å². The van der Waals surface area contributed by atoms with Gasteiger partial charge in [-0.1, -0.05) is 170 Å². The summed E-state index contributed by atoms with van der Waals surface area (Å²) >= 11 is 0. The second-order valence-electron chi connectivity index (χ2n) is 15.6. The number of terminal acetylenes is 11. The van der Waals surface area contributed by atoms with E-state index in [2.05, 4.69) is 408 Å². The zero-order chi connectivity index (χ0) is 86.8. The normalized spacial score (nSPS) is 5.72. The minimum atomic E-state index is -0.312. The average Bonchev–Trinajstić information content (AvgIpc) is 1.06. The molecule has 0 aliphatic rings. The molecule has 0 aliphatic heterocycles. The Morgan fingerprint density at radius 1 is 0.219 bits per heavy atom. The van der Waals surface area contributed by atoms with Crippen LogP contribution >= 0.6 is 0 Å². The maximum atomic E-state index is 9.81. The van der Waals surface area contributed by atoms with Crippen molar-refractivity contribution < 1.29 is 10.2 Å². The van der Waals surface area contributed by atoms with Crippen LogP contribution in [0.4, 0.5) is 0 Å². The highest BCUT2D eigenvalue weighted by Gasteiger charge is 1.98. The molecule has 0 saturated heterocycles. The van der Waals surface area contributed by atoms with E-state index in [0.717, 1.165) is 19.3 Å². The van der Waals surface area contributed by atoms with Gasteiger partial charge in [-0.3, -0.25) is 0 Å². The zero-order valence-electron chi connectivity index (χ0n) is 67.7. The molecule has 0 aliphatic carbocycles. The van der Waals surface area contributed by atoms with Crippen LogP contribution in [-0.4, -0.2) is 22.4 Å².